The highest BCUT2D eigenvalue weighted by Gasteiger charge is 2.57. The summed E-state index contributed by atoms with van der Waals surface area (Å²) in [5, 5.41) is 12.1. The van der Waals surface area contributed by atoms with Crippen molar-refractivity contribution in [3.05, 3.63) is 110 Å². The summed E-state index contributed by atoms with van der Waals surface area (Å²) in [6, 6.07) is 9.26. The molecule has 0 atom stereocenters. The number of fused-ring (bicyclic) bond motifs is 6. The minimum absolute atomic E-state index is 0.119. The van der Waals surface area contributed by atoms with Crippen LogP contribution in [0.4, 0.5) is 25.8 Å². The molecule has 1 spiro atoms. The van der Waals surface area contributed by atoms with Gasteiger partial charge in [0.05, 0.1) is 27.9 Å². The maximum Gasteiger partial charge on any atom is 0.340 e. The van der Waals surface area contributed by atoms with Crippen LogP contribution < -0.4 is 28.7 Å². The van der Waals surface area contributed by atoms with Gasteiger partial charge in [0.2, 0.25) is 27.2 Å². The SMILES string of the molecule is CC(=O)OCOC(=O)CN(CC(=O)OCOC(C)=O)c1ccc([N+](=O)[O-])cc1OCCOc1cc2c(cc1N(CC(=O)OCOC(C)=O)CC(=O)OCOC(C)=O)C(=O)OC21c2cc(F)c(OC(C)=O)cc2C(C)(C)c2cc(OC(C)=O)c(F)cc21. The fourth-order valence-corrected chi connectivity index (χ4v) is 8.79. The van der Waals surface area contributed by atoms with E-state index in [0.29, 0.717) is 0 Å². The van der Waals surface area contributed by atoms with Crippen LogP contribution in [0.3, 0.4) is 0 Å². The average molecular weight is 1210 g/mol. The second-order valence-corrected chi connectivity index (χ2v) is 18.8. The Balaban J connectivity index is 1.54. The zero-order valence-electron chi connectivity index (χ0n) is 47.0. The van der Waals surface area contributed by atoms with Crippen molar-refractivity contribution in [2.45, 2.75) is 66.4 Å². The Hall–Kier alpha value is -10.5. The lowest BCUT2D eigenvalue weighted by molar-refractivity contribution is -0.384. The zero-order valence-corrected chi connectivity index (χ0v) is 47.0. The van der Waals surface area contributed by atoms with Crippen molar-refractivity contribution in [1.29, 1.82) is 0 Å². The molecule has 31 heteroatoms. The van der Waals surface area contributed by atoms with E-state index < -0.39 is 194 Å². The van der Waals surface area contributed by atoms with Gasteiger partial charge in [0, 0.05) is 69.7 Å². The quantitative estimate of drug-likeness (QED) is 0.0162. The van der Waals surface area contributed by atoms with E-state index in [0.717, 1.165) is 106 Å². The molecule has 29 nitrogen and oxygen atoms in total. The maximum absolute atomic E-state index is 16.4. The molecule has 1 aliphatic heterocycles. The van der Waals surface area contributed by atoms with Gasteiger partial charge in [0.1, 0.15) is 50.9 Å². The molecule has 0 unspecified atom stereocenters. The Kier molecular flexibility index (Phi) is 20.8. The Labute approximate surface area is 485 Å². The average Bonchev–Trinajstić information content (AvgIpc) is 1.32. The van der Waals surface area contributed by atoms with E-state index in [9.17, 15) is 62.9 Å². The second kappa shape index (κ2) is 27.7. The topological polar surface area (TPSA) is 357 Å². The molecule has 0 amide bonds. The monoisotopic (exact) mass is 1210 g/mol. The van der Waals surface area contributed by atoms with Gasteiger partial charge in [-0.3, -0.25) is 58.1 Å². The van der Waals surface area contributed by atoms with Crippen molar-refractivity contribution < 1.29 is 128 Å². The highest BCUT2D eigenvalue weighted by Crippen LogP contribution is 2.59. The van der Waals surface area contributed by atoms with Gasteiger partial charge in [0.15, 0.2) is 28.7 Å². The minimum atomic E-state index is -2.40. The zero-order chi connectivity index (χ0) is 63.4. The summed E-state index contributed by atoms with van der Waals surface area (Å²) in [7, 11) is 0. The Morgan fingerprint density at radius 3 is 1.23 bits per heavy atom. The van der Waals surface area contributed by atoms with Gasteiger partial charge in [-0.1, -0.05) is 13.8 Å². The lowest BCUT2D eigenvalue weighted by Gasteiger charge is -2.44. The second-order valence-electron chi connectivity index (χ2n) is 18.8. The lowest BCUT2D eigenvalue weighted by Crippen LogP contribution is -2.42. The molecule has 0 saturated carbocycles. The number of carbonyl (C=O) groups excluding carboxylic acids is 11. The van der Waals surface area contributed by atoms with Crippen molar-refractivity contribution in [2.24, 2.45) is 0 Å². The summed E-state index contributed by atoms with van der Waals surface area (Å²) in [6.07, 6.45) is 0. The number of halogens is 2. The number of nitrogens with zero attached hydrogens (tertiary/aromatic N) is 3. The predicted molar refractivity (Wildman–Crippen MR) is 279 cm³/mol. The van der Waals surface area contributed by atoms with E-state index in [2.05, 4.69) is 9.47 Å². The summed E-state index contributed by atoms with van der Waals surface area (Å²) in [5.74, 6) is -15.3. The van der Waals surface area contributed by atoms with Gasteiger partial charge in [-0.15, -0.1) is 0 Å². The highest BCUT2D eigenvalue weighted by molar-refractivity contribution is 5.99. The smallest absolute Gasteiger partial charge is 0.340 e. The fraction of sp³-hybridized carbons (Fsp3) is 0.364. The number of non-ortho nitro benzene ring substituents is 1. The number of carbonyl (C=O) groups is 11. The number of nitro benzene ring substituents is 1. The van der Waals surface area contributed by atoms with Crippen molar-refractivity contribution in [2.75, 3.05) is 76.4 Å². The van der Waals surface area contributed by atoms with Crippen LogP contribution in [0.2, 0.25) is 0 Å². The van der Waals surface area contributed by atoms with Crippen molar-refractivity contribution in [3.63, 3.8) is 0 Å². The molecule has 0 N–H and O–H groups in total. The van der Waals surface area contributed by atoms with Crippen LogP contribution >= 0.6 is 0 Å². The van der Waals surface area contributed by atoms with E-state index >= 15 is 8.78 Å². The van der Waals surface area contributed by atoms with Crippen LogP contribution in [0, 0.1) is 21.7 Å². The Morgan fingerprint density at radius 1 is 0.488 bits per heavy atom. The number of hydrogen-bond donors (Lipinski definition) is 0. The fourth-order valence-electron chi connectivity index (χ4n) is 8.79. The molecule has 1 heterocycles. The first kappa shape index (κ1) is 64.7. The molecular weight excluding hydrogens is 1160 g/mol. The molecule has 0 fully saturated rings. The van der Waals surface area contributed by atoms with E-state index in [1.165, 1.54) is 0 Å². The van der Waals surface area contributed by atoms with Crippen LogP contribution in [0.5, 0.6) is 23.0 Å². The standard InChI is InChI=1S/C55H53F2N3O26/c1-28(61)76-24-80-49(67)20-58(21-50(68)81-25-77-29(2)62)43-10-9-34(60(72)73)13-47(43)74-11-12-75-48-17-36-35(14-44(48)59(22-51(69)82-26-78-30(3)63)23-52(70)83-27-79-31(4)64)53(71)86-55(36)39-15-41(56)45(84-32(5)65)18-37(39)54(7,8)38-19-46(85-33(6)66)42(57)16-40(38)55/h9-10,13-19H,11-12,20-27H2,1-8H3. The molecule has 0 radical (unpaired) electrons. The molecule has 86 heavy (non-hydrogen) atoms. The van der Waals surface area contributed by atoms with Crippen LogP contribution in [0.25, 0.3) is 0 Å². The normalized spacial score (nSPS) is 12.7. The Bertz CT molecular complexity index is 3270. The van der Waals surface area contributed by atoms with E-state index in [1.54, 1.807) is 13.8 Å². The van der Waals surface area contributed by atoms with Gasteiger partial charge in [-0.2, -0.15) is 0 Å². The molecule has 2 aliphatic rings. The van der Waals surface area contributed by atoms with Crippen LogP contribution in [-0.2, 0) is 102 Å². The summed E-state index contributed by atoms with van der Waals surface area (Å²) in [5.41, 5.74) is -5.63. The van der Waals surface area contributed by atoms with Crippen molar-refractivity contribution >= 4 is 82.7 Å². The number of nitro groups is 1. The first-order valence-corrected chi connectivity index (χ1v) is 25.2. The minimum Gasteiger partial charge on any atom is -0.488 e. The molecule has 1 aliphatic carbocycles. The number of rotatable bonds is 26. The number of ether oxygens (including phenoxy) is 13. The van der Waals surface area contributed by atoms with Gasteiger partial charge in [0.25, 0.3) is 5.69 Å². The highest BCUT2D eigenvalue weighted by atomic mass is 19.1. The predicted octanol–water partition coefficient (Wildman–Crippen LogP) is 4.15. The van der Waals surface area contributed by atoms with Gasteiger partial charge in [-0.25, -0.2) is 13.6 Å². The summed E-state index contributed by atoms with van der Waals surface area (Å²) >= 11 is 0. The molecule has 4 aromatic rings. The molecule has 4 aromatic carbocycles. The van der Waals surface area contributed by atoms with E-state index in [1.807, 2.05) is 0 Å². The van der Waals surface area contributed by atoms with Crippen LogP contribution in [0.15, 0.2) is 54.6 Å². The number of benzene rings is 4. The largest absolute Gasteiger partial charge is 0.488 e. The van der Waals surface area contributed by atoms with Gasteiger partial charge >= 0.3 is 65.7 Å². The van der Waals surface area contributed by atoms with Gasteiger partial charge < -0.3 is 71.4 Å². The summed E-state index contributed by atoms with van der Waals surface area (Å²) in [6.45, 7) is 0.876. The molecule has 6 rings (SSSR count). The van der Waals surface area contributed by atoms with Crippen molar-refractivity contribution in [1.82, 2.24) is 0 Å². The first-order valence-electron chi connectivity index (χ1n) is 25.2. The number of hydrogen-bond acceptors (Lipinski definition) is 28. The molecule has 0 aromatic heterocycles. The summed E-state index contributed by atoms with van der Waals surface area (Å²) < 4.78 is 101. The lowest BCUT2D eigenvalue weighted by atomic mass is 9.61. The van der Waals surface area contributed by atoms with Crippen molar-refractivity contribution in [3.8, 4) is 23.0 Å². The third-order valence-corrected chi connectivity index (χ3v) is 12.3. The van der Waals surface area contributed by atoms with Crippen LogP contribution in [-0.4, -0.2) is 137 Å². The molecule has 0 bridgehead atoms. The third kappa shape index (κ3) is 15.8. The van der Waals surface area contributed by atoms with E-state index in [-0.39, 0.29) is 39.2 Å². The molecular formula is C55H53F2N3O26. The Morgan fingerprint density at radius 2 is 0.860 bits per heavy atom. The van der Waals surface area contributed by atoms with E-state index in [4.69, 9.17) is 52.1 Å². The first-order chi connectivity index (χ1) is 40.5. The molecule has 0 saturated heterocycles. The maximum atomic E-state index is 16.4. The third-order valence-electron chi connectivity index (χ3n) is 12.3. The summed E-state index contributed by atoms with van der Waals surface area (Å²) in [4.78, 5) is 151. The van der Waals surface area contributed by atoms with Gasteiger partial charge in [-0.05, 0) is 53.6 Å². The number of anilines is 2. The molecule has 458 valence electrons. The number of esters is 11. The van der Waals surface area contributed by atoms with Crippen LogP contribution in [0.1, 0.15) is 93.6 Å².